The van der Waals surface area contributed by atoms with E-state index in [0.29, 0.717) is 19.6 Å². The Labute approximate surface area is 154 Å². The molecule has 0 radical (unpaired) electrons. The molecule has 6 nitrogen and oxygen atoms in total. The molecule has 3 amide bonds. The second-order valence-electron chi connectivity index (χ2n) is 6.66. The molecule has 3 N–H and O–H groups in total. The SMILES string of the molecule is NC(=O)C1CN([C@@H](C[C@@H]2CCCOC2)c2ccc(F)c(Cl)c2F)C(=O)N1. The summed E-state index contributed by atoms with van der Waals surface area (Å²) in [6, 6.07) is 0.284. The van der Waals surface area contributed by atoms with Crippen molar-refractivity contribution >= 4 is 23.5 Å². The van der Waals surface area contributed by atoms with Gasteiger partial charge in [0, 0.05) is 18.8 Å². The zero-order chi connectivity index (χ0) is 18.8. The number of nitrogens with one attached hydrogen (secondary N) is 1. The van der Waals surface area contributed by atoms with Gasteiger partial charge in [-0.15, -0.1) is 0 Å². The largest absolute Gasteiger partial charge is 0.381 e. The van der Waals surface area contributed by atoms with Crippen LogP contribution in [0.25, 0.3) is 0 Å². The third-order valence-corrected chi connectivity index (χ3v) is 5.24. The molecule has 142 valence electrons. The molecule has 9 heteroatoms. The van der Waals surface area contributed by atoms with Gasteiger partial charge in [-0.2, -0.15) is 0 Å². The Balaban J connectivity index is 1.93. The number of ether oxygens (including phenoxy) is 1. The van der Waals surface area contributed by atoms with Gasteiger partial charge in [0.2, 0.25) is 5.91 Å². The van der Waals surface area contributed by atoms with E-state index < -0.39 is 40.7 Å². The van der Waals surface area contributed by atoms with Crippen molar-refractivity contribution in [3.63, 3.8) is 0 Å². The quantitative estimate of drug-likeness (QED) is 0.760. The van der Waals surface area contributed by atoms with Gasteiger partial charge in [-0.1, -0.05) is 17.7 Å². The summed E-state index contributed by atoms with van der Waals surface area (Å²) in [6.07, 6.45) is 2.17. The Morgan fingerprint density at radius 2 is 2.23 bits per heavy atom. The predicted molar refractivity (Wildman–Crippen MR) is 90.5 cm³/mol. The number of hydrogen-bond acceptors (Lipinski definition) is 3. The number of urea groups is 1. The van der Waals surface area contributed by atoms with Crippen LogP contribution in [0.5, 0.6) is 0 Å². The third kappa shape index (κ3) is 3.76. The predicted octanol–water partition coefficient (Wildman–Crippen LogP) is 2.36. The number of carbonyl (C=O) groups is 2. The van der Waals surface area contributed by atoms with Crippen molar-refractivity contribution in [2.24, 2.45) is 11.7 Å². The maximum absolute atomic E-state index is 14.6. The molecule has 2 saturated heterocycles. The lowest BCUT2D eigenvalue weighted by Crippen LogP contribution is -2.39. The van der Waals surface area contributed by atoms with Crippen LogP contribution in [0.1, 0.15) is 30.9 Å². The first-order chi connectivity index (χ1) is 12.4. The zero-order valence-electron chi connectivity index (χ0n) is 14.0. The molecule has 1 aromatic rings. The van der Waals surface area contributed by atoms with Crippen molar-refractivity contribution in [2.45, 2.75) is 31.3 Å². The second kappa shape index (κ2) is 7.75. The molecule has 3 rings (SSSR count). The van der Waals surface area contributed by atoms with E-state index in [4.69, 9.17) is 22.1 Å². The van der Waals surface area contributed by atoms with Gasteiger partial charge in [-0.05, 0) is 31.2 Å². The molecule has 0 aliphatic carbocycles. The van der Waals surface area contributed by atoms with E-state index >= 15 is 0 Å². The van der Waals surface area contributed by atoms with Crippen LogP contribution in [0.3, 0.4) is 0 Å². The molecule has 0 saturated carbocycles. The highest BCUT2D eigenvalue weighted by Gasteiger charge is 2.39. The van der Waals surface area contributed by atoms with Crippen LogP contribution in [-0.2, 0) is 9.53 Å². The summed E-state index contributed by atoms with van der Waals surface area (Å²) in [4.78, 5) is 25.1. The van der Waals surface area contributed by atoms with E-state index in [0.717, 1.165) is 18.9 Å². The maximum Gasteiger partial charge on any atom is 0.318 e. The maximum atomic E-state index is 14.6. The van der Waals surface area contributed by atoms with Crippen molar-refractivity contribution in [2.75, 3.05) is 19.8 Å². The molecule has 3 atom stereocenters. The summed E-state index contributed by atoms with van der Waals surface area (Å²) in [7, 11) is 0. The number of halogens is 3. The molecule has 0 bridgehead atoms. The highest BCUT2D eigenvalue weighted by atomic mass is 35.5. The number of nitrogens with two attached hydrogens (primary N) is 1. The Hall–Kier alpha value is -1.93. The second-order valence-corrected chi connectivity index (χ2v) is 7.03. The molecule has 2 fully saturated rings. The van der Waals surface area contributed by atoms with Crippen molar-refractivity contribution in [1.29, 1.82) is 0 Å². The lowest BCUT2D eigenvalue weighted by molar-refractivity contribution is -0.119. The molecule has 2 aliphatic rings. The molecule has 2 aliphatic heterocycles. The molecule has 1 unspecified atom stereocenters. The summed E-state index contributed by atoms with van der Waals surface area (Å²) < 4.78 is 33.7. The van der Waals surface area contributed by atoms with Gasteiger partial charge >= 0.3 is 6.03 Å². The number of carbonyl (C=O) groups excluding carboxylic acids is 2. The van der Waals surface area contributed by atoms with Crippen LogP contribution in [-0.4, -0.2) is 42.6 Å². The highest BCUT2D eigenvalue weighted by Crippen LogP contribution is 2.36. The number of amides is 3. The van der Waals surface area contributed by atoms with Crippen LogP contribution >= 0.6 is 11.6 Å². The van der Waals surface area contributed by atoms with Gasteiger partial charge in [0.15, 0.2) is 0 Å². The fraction of sp³-hybridized carbons (Fsp3) is 0.529. The molecule has 26 heavy (non-hydrogen) atoms. The first kappa shape index (κ1) is 18.8. The van der Waals surface area contributed by atoms with E-state index in [1.807, 2.05) is 0 Å². The minimum atomic E-state index is -0.899. The lowest BCUT2D eigenvalue weighted by atomic mass is 9.89. The Kier molecular flexibility index (Phi) is 5.62. The van der Waals surface area contributed by atoms with Crippen LogP contribution < -0.4 is 11.1 Å². The van der Waals surface area contributed by atoms with E-state index in [9.17, 15) is 18.4 Å². The van der Waals surface area contributed by atoms with E-state index in [1.54, 1.807) is 0 Å². The Morgan fingerprint density at radius 1 is 1.46 bits per heavy atom. The van der Waals surface area contributed by atoms with Crippen molar-refractivity contribution < 1.29 is 23.1 Å². The summed E-state index contributed by atoms with van der Waals surface area (Å²) in [5.74, 6) is -2.33. The summed E-state index contributed by atoms with van der Waals surface area (Å²) in [5, 5.41) is 1.88. The van der Waals surface area contributed by atoms with Gasteiger partial charge in [0.05, 0.1) is 12.6 Å². The molecule has 1 aromatic carbocycles. The van der Waals surface area contributed by atoms with E-state index in [-0.39, 0.29) is 18.0 Å². The monoisotopic (exact) mass is 387 g/mol. The molecular weight excluding hydrogens is 368 g/mol. The number of nitrogens with zero attached hydrogens (tertiary/aromatic N) is 1. The topological polar surface area (TPSA) is 84.7 Å². The van der Waals surface area contributed by atoms with Crippen molar-refractivity contribution in [3.8, 4) is 0 Å². The number of rotatable bonds is 5. The first-order valence-electron chi connectivity index (χ1n) is 8.46. The van der Waals surface area contributed by atoms with E-state index in [2.05, 4.69) is 5.32 Å². The number of benzene rings is 1. The normalized spacial score (nSPS) is 24.4. The minimum Gasteiger partial charge on any atom is -0.381 e. The molecule has 0 aromatic heterocycles. The fourth-order valence-electron chi connectivity index (χ4n) is 3.52. The van der Waals surface area contributed by atoms with E-state index in [1.165, 1.54) is 11.0 Å². The zero-order valence-corrected chi connectivity index (χ0v) is 14.8. The van der Waals surface area contributed by atoms with Gasteiger partial charge in [0.25, 0.3) is 0 Å². The van der Waals surface area contributed by atoms with Crippen molar-refractivity contribution in [1.82, 2.24) is 10.2 Å². The third-order valence-electron chi connectivity index (χ3n) is 4.89. The van der Waals surface area contributed by atoms with Gasteiger partial charge < -0.3 is 20.7 Å². The summed E-state index contributed by atoms with van der Waals surface area (Å²) in [6.45, 7) is 1.19. The van der Waals surface area contributed by atoms with Crippen molar-refractivity contribution in [3.05, 3.63) is 34.4 Å². The molecule has 0 spiro atoms. The van der Waals surface area contributed by atoms with Gasteiger partial charge in [-0.25, -0.2) is 13.6 Å². The highest BCUT2D eigenvalue weighted by molar-refractivity contribution is 6.31. The summed E-state index contributed by atoms with van der Waals surface area (Å²) in [5.41, 5.74) is 5.39. The minimum absolute atomic E-state index is 0.0147. The van der Waals surface area contributed by atoms with Gasteiger partial charge in [0.1, 0.15) is 22.7 Å². The lowest BCUT2D eigenvalue weighted by Gasteiger charge is -2.32. The number of hydrogen-bond donors (Lipinski definition) is 2. The molecular formula is C17H20ClF2N3O3. The van der Waals surface area contributed by atoms with Crippen LogP contribution in [0.15, 0.2) is 12.1 Å². The standard InChI is InChI=1S/C17H20ClF2N3O3/c18-14-11(19)4-3-10(15(14)20)13(6-9-2-1-5-26-8-9)23-7-12(16(21)24)22-17(23)25/h3-4,9,12-13H,1-2,5-8H2,(H2,21,24)(H,22,25)/t9-,12?,13-/m0/s1. The number of primary amides is 1. The van der Waals surface area contributed by atoms with Crippen LogP contribution in [0.2, 0.25) is 5.02 Å². The summed E-state index contributed by atoms with van der Waals surface area (Å²) >= 11 is 5.72. The fourth-order valence-corrected chi connectivity index (χ4v) is 3.69. The van der Waals surface area contributed by atoms with Crippen LogP contribution in [0, 0.1) is 17.6 Å². The smallest absolute Gasteiger partial charge is 0.318 e. The first-order valence-corrected chi connectivity index (χ1v) is 8.84. The Morgan fingerprint density at radius 3 is 2.85 bits per heavy atom. The average Bonchev–Trinajstić information content (AvgIpc) is 3.01. The van der Waals surface area contributed by atoms with Crippen LogP contribution in [0.4, 0.5) is 13.6 Å². The average molecular weight is 388 g/mol. The molecule has 2 heterocycles. The Bertz CT molecular complexity index is 713. The van der Waals surface area contributed by atoms with Gasteiger partial charge in [-0.3, -0.25) is 4.79 Å².